The van der Waals surface area contributed by atoms with Gasteiger partial charge in [0, 0.05) is 5.69 Å². The lowest BCUT2D eigenvalue weighted by molar-refractivity contribution is 0.229. The van der Waals surface area contributed by atoms with Crippen molar-refractivity contribution in [3.63, 3.8) is 0 Å². The summed E-state index contributed by atoms with van der Waals surface area (Å²) in [7, 11) is 0. The molecule has 1 aromatic carbocycles. The third kappa shape index (κ3) is 3.52. The predicted molar refractivity (Wildman–Crippen MR) is 70.1 cm³/mol. The highest BCUT2D eigenvalue weighted by Crippen LogP contribution is 2.11. The monoisotopic (exact) mass is 261 g/mol. The largest absolute Gasteiger partial charge is 0.394 e. The molecule has 0 aliphatic rings. The summed E-state index contributed by atoms with van der Waals surface area (Å²) < 4.78 is 1.62. The van der Waals surface area contributed by atoms with Gasteiger partial charge in [0.2, 0.25) is 0 Å². The molecule has 0 bridgehead atoms. The molecule has 1 heterocycles. The van der Waals surface area contributed by atoms with Gasteiger partial charge in [-0.05, 0) is 31.2 Å². The summed E-state index contributed by atoms with van der Waals surface area (Å²) in [4.78, 5) is 11.5. The normalized spacial score (nSPS) is 11.9. The zero-order valence-electron chi connectivity index (χ0n) is 10.4. The summed E-state index contributed by atoms with van der Waals surface area (Å²) >= 11 is 0. The van der Waals surface area contributed by atoms with Crippen molar-refractivity contribution in [1.82, 2.24) is 20.3 Å². The van der Waals surface area contributed by atoms with E-state index in [0.29, 0.717) is 5.69 Å². The molecular weight excluding hydrogens is 246 g/mol. The quantitative estimate of drug-likeness (QED) is 0.758. The maximum Gasteiger partial charge on any atom is 0.319 e. The summed E-state index contributed by atoms with van der Waals surface area (Å²) in [5.74, 6) is 0. The van der Waals surface area contributed by atoms with E-state index >= 15 is 0 Å². The Balaban J connectivity index is 1.97. The molecule has 7 heteroatoms. The van der Waals surface area contributed by atoms with Gasteiger partial charge in [-0.1, -0.05) is 5.21 Å². The Morgan fingerprint density at radius 3 is 2.74 bits per heavy atom. The van der Waals surface area contributed by atoms with Crippen LogP contribution in [-0.4, -0.2) is 38.8 Å². The van der Waals surface area contributed by atoms with Crippen molar-refractivity contribution in [3.05, 3.63) is 36.7 Å². The molecule has 0 saturated heterocycles. The number of carbonyl (C=O) groups is 1. The van der Waals surface area contributed by atoms with Crippen LogP contribution in [0.5, 0.6) is 0 Å². The van der Waals surface area contributed by atoms with Crippen molar-refractivity contribution >= 4 is 11.7 Å². The molecule has 2 amide bonds. The molecule has 1 atom stereocenters. The van der Waals surface area contributed by atoms with Crippen molar-refractivity contribution in [2.45, 2.75) is 13.0 Å². The fourth-order valence-corrected chi connectivity index (χ4v) is 1.48. The second-order valence-corrected chi connectivity index (χ2v) is 4.08. The number of hydrogen-bond donors (Lipinski definition) is 3. The number of benzene rings is 1. The molecule has 3 N–H and O–H groups in total. The number of amides is 2. The molecule has 2 aromatic rings. The highest BCUT2D eigenvalue weighted by atomic mass is 16.3. The van der Waals surface area contributed by atoms with Crippen molar-refractivity contribution in [3.8, 4) is 5.69 Å². The lowest BCUT2D eigenvalue weighted by atomic mass is 10.3. The second kappa shape index (κ2) is 5.96. The van der Waals surface area contributed by atoms with Gasteiger partial charge in [0.25, 0.3) is 0 Å². The lowest BCUT2D eigenvalue weighted by Crippen LogP contribution is -2.38. The maximum absolute atomic E-state index is 11.5. The zero-order chi connectivity index (χ0) is 13.7. The van der Waals surface area contributed by atoms with Crippen molar-refractivity contribution in [1.29, 1.82) is 0 Å². The van der Waals surface area contributed by atoms with E-state index in [2.05, 4.69) is 20.9 Å². The summed E-state index contributed by atoms with van der Waals surface area (Å²) in [6.07, 6.45) is 3.33. The Morgan fingerprint density at radius 1 is 1.42 bits per heavy atom. The summed E-state index contributed by atoms with van der Waals surface area (Å²) in [6, 6.07) is 6.53. The maximum atomic E-state index is 11.5. The van der Waals surface area contributed by atoms with Gasteiger partial charge in [0.05, 0.1) is 30.7 Å². The number of aromatic nitrogens is 3. The first-order chi connectivity index (χ1) is 9.19. The van der Waals surface area contributed by atoms with E-state index in [1.54, 1.807) is 36.1 Å². The fraction of sp³-hybridized carbons (Fsp3) is 0.250. The smallest absolute Gasteiger partial charge is 0.319 e. The van der Waals surface area contributed by atoms with Gasteiger partial charge in [-0.3, -0.25) is 0 Å². The highest BCUT2D eigenvalue weighted by Gasteiger charge is 2.06. The highest BCUT2D eigenvalue weighted by molar-refractivity contribution is 5.89. The van der Waals surface area contributed by atoms with Crippen molar-refractivity contribution in [2.75, 3.05) is 11.9 Å². The average molecular weight is 261 g/mol. The fourth-order valence-electron chi connectivity index (χ4n) is 1.48. The number of carbonyl (C=O) groups excluding carboxylic acids is 1. The Morgan fingerprint density at radius 2 is 2.16 bits per heavy atom. The summed E-state index contributed by atoms with van der Waals surface area (Å²) in [5.41, 5.74) is 1.51. The van der Waals surface area contributed by atoms with Gasteiger partial charge < -0.3 is 15.7 Å². The van der Waals surface area contributed by atoms with E-state index in [4.69, 9.17) is 5.11 Å². The Labute approximate surface area is 110 Å². The first-order valence-electron chi connectivity index (χ1n) is 5.84. The zero-order valence-corrected chi connectivity index (χ0v) is 10.4. The molecular formula is C12H15N5O2. The molecule has 2 rings (SSSR count). The number of aliphatic hydroxyl groups is 1. The molecule has 0 fully saturated rings. The van der Waals surface area contributed by atoms with Gasteiger partial charge in [-0.25, -0.2) is 9.48 Å². The third-order valence-electron chi connectivity index (χ3n) is 2.46. The number of urea groups is 1. The van der Waals surface area contributed by atoms with Crippen LogP contribution in [0, 0.1) is 0 Å². The SMILES string of the molecule is C[C@@H](CO)NC(=O)Nc1ccc(-n2ccnn2)cc1. The number of nitrogens with one attached hydrogen (secondary N) is 2. The molecule has 0 unspecified atom stereocenters. The molecule has 0 aliphatic carbocycles. The van der Waals surface area contributed by atoms with Crippen LogP contribution in [0.3, 0.4) is 0 Å². The van der Waals surface area contributed by atoms with Crippen LogP contribution in [-0.2, 0) is 0 Å². The Hall–Kier alpha value is -2.41. The van der Waals surface area contributed by atoms with E-state index in [9.17, 15) is 4.79 Å². The van der Waals surface area contributed by atoms with Crippen LogP contribution in [0.25, 0.3) is 5.69 Å². The molecule has 0 spiro atoms. The predicted octanol–water partition coefficient (Wildman–Crippen LogP) is 0.770. The Kier molecular flexibility index (Phi) is 4.09. The molecule has 0 aliphatic heterocycles. The van der Waals surface area contributed by atoms with Crippen LogP contribution in [0.4, 0.5) is 10.5 Å². The van der Waals surface area contributed by atoms with Gasteiger partial charge in [0.1, 0.15) is 0 Å². The lowest BCUT2D eigenvalue weighted by Gasteiger charge is -2.12. The average Bonchev–Trinajstić information content (AvgIpc) is 2.93. The number of hydrogen-bond acceptors (Lipinski definition) is 4. The van der Waals surface area contributed by atoms with E-state index in [0.717, 1.165) is 5.69 Å². The first kappa shape index (κ1) is 13.0. The molecule has 19 heavy (non-hydrogen) atoms. The molecule has 7 nitrogen and oxygen atoms in total. The van der Waals surface area contributed by atoms with Crippen molar-refractivity contribution < 1.29 is 9.90 Å². The van der Waals surface area contributed by atoms with Crippen LogP contribution in [0.15, 0.2) is 36.7 Å². The molecule has 100 valence electrons. The van der Waals surface area contributed by atoms with Gasteiger partial charge in [0.15, 0.2) is 0 Å². The standard InChI is InChI=1S/C12H15N5O2/c1-9(8-18)14-12(19)15-10-2-4-11(5-3-10)17-7-6-13-16-17/h2-7,9,18H,8H2,1H3,(H2,14,15,19)/t9-/m0/s1. The second-order valence-electron chi connectivity index (χ2n) is 4.08. The van der Waals surface area contributed by atoms with E-state index in [-0.39, 0.29) is 18.7 Å². The van der Waals surface area contributed by atoms with Crippen molar-refractivity contribution in [2.24, 2.45) is 0 Å². The summed E-state index contributed by atoms with van der Waals surface area (Å²) in [5, 5.41) is 21.7. The molecule has 0 radical (unpaired) electrons. The van der Waals surface area contributed by atoms with Crippen LogP contribution >= 0.6 is 0 Å². The minimum Gasteiger partial charge on any atom is -0.394 e. The van der Waals surface area contributed by atoms with Gasteiger partial charge >= 0.3 is 6.03 Å². The van der Waals surface area contributed by atoms with E-state index in [1.165, 1.54) is 0 Å². The Bertz CT molecular complexity index is 524. The number of anilines is 1. The number of nitrogens with zero attached hydrogens (tertiary/aromatic N) is 3. The third-order valence-corrected chi connectivity index (χ3v) is 2.46. The topological polar surface area (TPSA) is 92.1 Å². The van der Waals surface area contributed by atoms with Crippen LogP contribution < -0.4 is 10.6 Å². The minimum absolute atomic E-state index is 0.0986. The van der Waals surface area contributed by atoms with Crippen LogP contribution in [0.2, 0.25) is 0 Å². The van der Waals surface area contributed by atoms with E-state index in [1.807, 2.05) is 12.1 Å². The first-order valence-corrected chi connectivity index (χ1v) is 5.84. The minimum atomic E-state index is -0.352. The van der Waals surface area contributed by atoms with Gasteiger partial charge in [-0.15, -0.1) is 5.10 Å². The molecule has 0 saturated carbocycles. The van der Waals surface area contributed by atoms with Crippen LogP contribution in [0.1, 0.15) is 6.92 Å². The number of rotatable bonds is 4. The van der Waals surface area contributed by atoms with E-state index < -0.39 is 0 Å². The van der Waals surface area contributed by atoms with Gasteiger partial charge in [-0.2, -0.15) is 0 Å². The summed E-state index contributed by atoms with van der Waals surface area (Å²) in [6.45, 7) is 1.62. The molecule has 1 aromatic heterocycles. The number of aliphatic hydroxyl groups excluding tert-OH is 1.